The van der Waals surface area contributed by atoms with Crippen molar-refractivity contribution in [3.63, 3.8) is 0 Å². The Labute approximate surface area is 156 Å². The summed E-state index contributed by atoms with van der Waals surface area (Å²) in [6, 6.07) is 14.1. The first-order valence-corrected chi connectivity index (χ1v) is 8.85. The second-order valence-corrected chi connectivity index (χ2v) is 6.87. The van der Waals surface area contributed by atoms with E-state index in [9.17, 15) is 9.59 Å². The molecule has 0 aromatic heterocycles. The Balaban J connectivity index is 1.96. The molecule has 0 spiro atoms. The third kappa shape index (κ3) is 6.32. The van der Waals surface area contributed by atoms with Gasteiger partial charge in [0, 0.05) is 27.8 Å². The summed E-state index contributed by atoms with van der Waals surface area (Å²) < 4.78 is 0.839. The van der Waals surface area contributed by atoms with Gasteiger partial charge >= 0.3 is 0 Å². The van der Waals surface area contributed by atoms with Gasteiger partial charge in [0.15, 0.2) is 0 Å². The lowest BCUT2D eigenvalue weighted by atomic mass is 10.1. The third-order valence-electron chi connectivity index (χ3n) is 3.54. The van der Waals surface area contributed by atoms with Crippen molar-refractivity contribution in [3.8, 4) is 0 Å². The topological polar surface area (TPSA) is 61.4 Å². The van der Waals surface area contributed by atoms with Crippen LogP contribution in [0.25, 0.3) is 0 Å². The maximum atomic E-state index is 12.3. The Morgan fingerprint density at radius 1 is 1.00 bits per heavy atom. The van der Waals surface area contributed by atoms with E-state index in [0.717, 1.165) is 17.4 Å². The number of nitrogens with zero attached hydrogens (tertiary/aromatic N) is 1. The fourth-order valence-electron chi connectivity index (χ4n) is 2.27. The molecule has 25 heavy (non-hydrogen) atoms. The summed E-state index contributed by atoms with van der Waals surface area (Å²) in [5.74, 6) is -0.359. The molecule has 0 aliphatic carbocycles. The van der Waals surface area contributed by atoms with Crippen LogP contribution < -0.4 is 10.6 Å². The molecule has 2 amide bonds. The summed E-state index contributed by atoms with van der Waals surface area (Å²) in [5, 5.41) is 5.71. The molecular weight excluding hydrogens is 382 g/mol. The van der Waals surface area contributed by atoms with Crippen LogP contribution in [0.15, 0.2) is 53.0 Å². The zero-order valence-electron chi connectivity index (χ0n) is 14.4. The van der Waals surface area contributed by atoms with Gasteiger partial charge in [-0.3, -0.25) is 9.59 Å². The van der Waals surface area contributed by atoms with Gasteiger partial charge < -0.3 is 15.5 Å². The van der Waals surface area contributed by atoms with Gasteiger partial charge in [0.05, 0.1) is 0 Å². The first-order chi connectivity index (χ1) is 12.0. The SMILES string of the molecule is CN(C)CCCNC(=O)c1cccc(NC(=O)c2cccc(Br)c2)c1. The van der Waals surface area contributed by atoms with Crippen LogP contribution in [0.3, 0.4) is 0 Å². The monoisotopic (exact) mass is 403 g/mol. The van der Waals surface area contributed by atoms with Gasteiger partial charge in [-0.2, -0.15) is 0 Å². The molecule has 0 saturated carbocycles. The molecular formula is C19H22BrN3O2. The van der Waals surface area contributed by atoms with E-state index in [1.807, 2.05) is 20.2 Å². The van der Waals surface area contributed by atoms with Gasteiger partial charge in [0.2, 0.25) is 0 Å². The van der Waals surface area contributed by atoms with Crippen molar-refractivity contribution in [2.75, 3.05) is 32.5 Å². The Morgan fingerprint density at radius 2 is 1.68 bits per heavy atom. The Morgan fingerprint density at radius 3 is 2.36 bits per heavy atom. The number of benzene rings is 2. The van der Waals surface area contributed by atoms with Gasteiger partial charge in [-0.05, 0) is 63.5 Å². The standard InChI is InChI=1S/C19H22BrN3O2/c1-23(2)11-5-10-21-18(24)15-7-4-9-17(13-15)22-19(25)14-6-3-8-16(20)12-14/h3-4,6-9,12-13H,5,10-11H2,1-2H3,(H,21,24)(H,22,25). The number of carbonyl (C=O) groups excluding carboxylic acids is 2. The highest BCUT2D eigenvalue weighted by Gasteiger charge is 2.09. The van der Waals surface area contributed by atoms with Crippen molar-refractivity contribution in [1.82, 2.24) is 10.2 Å². The van der Waals surface area contributed by atoms with Crippen LogP contribution >= 0.6 is 15.9 Å². The van der Waals surface area contributed by atoms with Gasteiger partial charge in [0.25, 0.3) is 11.8 Å². The van der Waals surface area contributed by atoms with E-state index in [1.165, 1.54) is 0 Å². The number of rotatable bonds is 7. The van der Waals surface area contributed by atoms with Gasteiger partial charge in [-0.25, -0.2) is 0 Å². The van der Waals surface area contributed by atoms with Crippen molar-refractivity contribution in [2.24, 2.45) is 0 Å². The lowest BCUT2D eigenvalue weighted by Gasteiger charge is -2.11. The Kier molecular flexibility index (Phi) is 7.16. The molecule has 2 N–H and O–H groups in total. The molecule has 2 rings (SSSR count). The average molecular weight is 404 g/mol. The van der Waals surface area contributed by atoms with E-state index in [0.29, 0.717) is 23.4 Å². The molecule has 132 valence electrons. The summed E-state index contributed by atoms with van der Waals surface area (Å²) >= 11 is 3.35. The van der Waals surface area contributed by atoms with Crippen molar-refractivity contribution >= 4 is 33.4 Å². The third-order valence-corrected chi connectivity index (χ3v) is 4.03. The van der Waals surface area contributed by atoms with Crippen LogP contribution in [0.5, 0.6) is 0 Å². The Hall–Kier alpha value is -2.18. The van der Waals surface area contributed by atoms with Crippen molar-refractivity contribution in [2.45, 2.75) is 6.42 Å². The second kappa shape index (κ2) is 9.34. The van der Waals surface area contributed by atoms with Gasteiger partial charge in [0.1, 0.15) is 0 Å². The minimum Gasteiger partial charge on any atom is -0.352 e. The number of halogens is 1. The largest absolute Gasteiger partial charge is 0.352 e. The number of hydrogen-bond donors (Lipinski definition) is 2. The van der Waals surface area contributed by atoms with E-state index in [2.05, 4.69) is 31.5 Å². The lowest BCUT2D eigenvalue weighted by molar-refractivity contribution is 0.0951. The number of amides is 2. The van der Waals surface area contributed by atoms with Crippen LogP contribution in [0.2, 0.25) is 0 Å². The maximum absolute atomic E-state index is 12.3. The van der Waals surface area contributed by atoms with Crippen LogP contribution in [-0.2, 0) is 0 Å². The number of nitrogens with one attached hydrogen (secondary N) is 2. The molecule has 0 atom stereocenters. The van der Waals surface area contributed by atoms with Crippen molar-refractivity contribution in [1.29, 1.82) is 0 Å². The molecule has 0 radical (unpaired) electrons. The maximum Gasteiger partial charge on any atom is 0.255 e. The first-order valence-electron chi connectivity index (χ1n) is 8.05. The predicted molar refractivity (Wildman–Crippen MR) is 104 cm³/mol. The molecule has 2 aromatic rings. The molecule has 6 heteroatoms. The Bertz CT molecular complexity index is 747. The molecule has 0 bridgehead atoms. The zero-order chi connectivity index (χ0) is 18.2. The quantitative estimate of drug-likeness (QED) is 0.696. The molecule has 0 aliphatic heterocycles. The van der Waals surface area contributed by atoms with Crippen molar-refractivity contribution < 1.29 is 9.59 Å². The summed E-state index contributed by atoms with van der Waals surface area (Å²) in [6.07, 6.45) is 0.887. The number of hydrogen-bond acceptors (Lipinski definition) is 3. The van der Waals surface area contributed by atoms with E-state index in [-0.39, 0.29) is 11.8 Å². The normalized spacial score (nSPS) is 10.6. The van der Waals surface area contributed by atoms with Crippen LogP contribution in [0.4, 0.5) is 5.69 Å². The molecule has 0 saturated heterocycles. The molecule has 0 heterocycles. The highest BCUT2D eigenvalue weighted by atomic mass is 79.9. The summed E-state index contributed by atoms with van der Waals surface area (Å²) in [5.41, 5.74) is 1.66. The van der Waals surface area contributed by atoms with Crippen LogP contribution in [-0.4, -0.2) is 43.9 Å². The summed E-state index contributed by atoms with van der Waals surface area (Å²) in [4.78, 5) is 26.6. The highest BCUT2D eigenvalue weighted by molar-refractivity contribution is 9.10. The molecule has 0 unspecified atom stereocenters. The highest BCUT2D eigenvalue weighted by Crippen LogP contribution is 2.15. The molecule has 2 aromatic carbocycles. The zero-order valence-corrected chi connectivity index (χ0v) is 16.0. The number of anilines is 1. The second-order valence-electron chi connectivity index (χ2n) is 5.96. The molecule has 5 nitrogen and oxygen atoms in total. The van der Waals surface area contributed by atoms with E-state index in [4.69, 9.17) is 0 Å². The predicted octanol–water partition coefficient (Wildman–Crippen LogP) is 3.38. The summed E-state index contributed by atoms with van der Waals surface area (Å²) in [6.45, 7) is 1.54. The molecule has 0 fully saturated rings. The van der Waals surface area contributed by atoms with E-state index < -0.39 is 0 Å². The van der Waals surface area contributed by atoms with Gasteiger partial charge in [-0.15, -0.1) is 0 Å². The smallest absolute Gasteiger partial charge is 0.255 e. The lowest BCUT2D eigenvalue weighted by Crippen LogP contribution is -2.27. The van der Waals surface area contributed by atoms with Crippen molar-refractivity contribution in [3.05, 3.63) is 64.1 Å². The number of carbonyl (C=O) groups is 2. The van der Waals surface area contributed by atoms with Crippen LogP contribution in [0.1, 0.15) is 27.1 Å². The van der Waals surface area contributed by atoms with E-state index in [1.54, 1.807) is 42.5 Å². The molecule has 0 aliphatic rings. The summed E-state index contributed by atoms with van der Waals surface area (Å²) in [7, 11) is 4.00. The van der Waals surface area contributed by atoms with Crippen LogP contribution in [0, 0.1) is 0 Å². The van der Waals surface area contributed by atoms with Gasteiger partial charge in [-0.1, -0.05) is 28.1 Å². The fraction of sp³-hybridized carbons (Fsp3) is 0.263. The first kappa shape index (κ1) is 19.1. The van der Waals surface area contributed by atoms with E-state index >= 15 is 0 Å². The fourth-order valence-corrected chi connectivity index (χ4v) is 2.67. The average Bonchev–Trinajstić information content (AvgIpc) is 2.58. The minimum absolute atomic E-state index is 0.141. The minimum atomic E-state index is -0.218.